The number of phenolic OH excluding ortho intramolecular Hbond substituents is 1. The number of rotatable bonds is 3. The van der Waals surface area contributed by atoms with Crippen LogP contribution in [0.4, 0.5) is 0 Å². The van der Waals surface area contributed by atoms with E-state index >= 15 is 0 Å². The molecule has 2 heterocycles. The van der Waals surface area contributed by atoms with Gasteiger partial charge in [0, 0.05) is 48.2 Å². The SMILES string of the molecule is CC(C)(C)c1cc(-c2csc(CN3CCNCC3)n2)cc(C(C)(C)C)c1O.Cl. The maximum Gasteiger partial charge on any atom is 0.123 e. The first-order chi connectivity index (χ1) is 12.6. The minimum atomic E-state index is -0.125. The molecular formula is C22H34ClN3OS. The van der Waals surface area contributed by atoms with Gasteiger partial charge in [-0.3, -0.25) is 4.90 Å². The Morgan fingerprint density at radius 3 is 2.07 bits per heavy atom. The van der Waals surface area contributed by atoms with Crippen LogP contribution in [0, 0.1) is 0 Å². The third-order valence-corrected chi connectivity index (χ3v) is 5.98. The highest BCUT2D eigenvalue weighted by Gasteiger charge is 2.27. The van der Waals surface area contributed by atoms with Crippen LogP contribution < -0.4 is 5.32 Å². The molecule has 0 unspecified atom stereocenters. The fourth-order valence-electron chi connectivity index (χ4n) is 3.50. The lowest BCUT2D eigenvalue weighted by Crippen LogP contribution is -2.42. The van der Waals surface area contributed by atoms with Gasteiger partial charge >= 0.3 is 0 Å². The van der Waals surface area contributed by atoms with E-state index in [0.29, 0.717) is 5.75 Å². The maximum atomic E-state index is 10.9. The molecule has 0 saturated carbocycles. The van der Waals surface area contributed by atoms with E-state index in [-0.39, 0.29) is 23.2 Å². The lowest BCUT2D eigenvalue weighted by atomic mass is 9.78. The first-order valence-corrected chi connectivity index (χ1v) is 10.7. The molecular weight excluding hydrogens is 390 g/mol. The van der Waals surface area contributed by atoms with E-state index < -0.39 is 0 Å². The molecule has 1 saturated heterocycles. The number of hydrogen-bond acceptors (Lipinski definition) is 5. The third-order valence-electron chi connectivity index (χ3n) is 5.14. The van der Waals surface area contributed by atoms with Crippen molar-refractivity contribution in [2.75, 3.05) is 26.2 Å². The normalized spacial score (nSPS) is 16.1. The van der Waals surface area contributed by atoms with Crippen molar-refractivity contribution in [3.8, 4) is 17.0 Å². The van der Waals surface area contributed by atoms with Crippen LogP contribution in [0.3, 0.4) is 0 Å². The fraction of sp³-hybridized carbons (Fsp3) is 0.591. The molecule has 0 atom stereocenters. The summed E-state index contributed by atoms with van der Waals surface area (Å²) in [6, 6.07) is 4.24. The van der Waals surface area contributed by atoms with Crippen LogP contribution >= 0.6 is 23.7 Å². The summed E-state index contributed by atoms with van der Waals surface area (Å²) in [6.07, 6.45) is 0. The number of nitrogens with zero attached hydrogens (tertiary/aromatic N) is 2. The number of phenols is 1. The van der Waals surface area contributed by atoms with Gasteiger partial charge in [0.2, 0.25) is 0 Å². The van der Waals surface area contributed by atoms with Gasteiger partial charge in [0.05, 0.1) is 12.2 Å². The van der Waals surface area contributed by atoms with E-state index in [4.69, 9.17) is 4.98 Å². The van der Waals surface area contributed by atoms with Crippen molar-refractivity contribution in [1.82, 2.24) is 15.2 Å². The van der Waals surface area contributed by atoms with Crippen molar-refractivity contribution in [2.45, 2.75) is 58.9 Å². The molecule has 156 valence electrons. The zero-order valence-corrected chi connectivity index (χ0v) is 19.6. The summed E-state index contributed by atoms with van der Waals surface area (Å²) in [5.41, 5.74) is 3.84. The largest absolute Gasteiger partial charge is 0.507 e. The highest BCUT2D eigenvalue weighted by Crippen LogP contribution is 2.42. The second-order valence-electron chi connectivity index (χ2n) is 9.57. The molecule has 1 aliphatic rings. The zero-order chi connectivity index (χ0) is 19.8. The minimum Gasteiger partial charge on any atom is -0.507 e. The van der Waals surface area contributed by atoms with Crippen molar-refractivity contribution in [3.05, 3.63) is 33.6 Å². The van der Waals surface area contributed by atoms with E-state index in [9.17, 15) is 5.11 Å². The lowest BCUT2D eigenvalue weighted by Gasteiger charge is -2.28. The van der Waals surface area contributed by atoms with E-state index in [1.807, 2.05) is 0 Å². The summed E-state index contributed by atoms with van der Waals surface area (Å²) in [4.78, 5) is 7.38. The first kappa shape index (κ1) is 23.1. The predicted octanol–water partition coefficient (Wildman–Crippen LogP) is 4.94. The zero-order valence-electron chi connectivity index (χ0n) is 17.9. The van der Waals surface area contributed by atoms with Crippen molar-refractivity contribution >= 4 is 23.7 Å². The van der Waals surface area contributed by atoms with Crippen LogP contribution in [0.2, 0.25) is 0 Å². The Balaban J connectivity index is 0.00000280. The van der Waals surface area contributed by atoms with Gasteiger partial charge in [0.15, 0.2) is 0 Å². The average Bonchev–Trinajstić information content (AvgIpc) is 3.02. The van der Waals surface area contributed by atoms with E-state index in [1.54, 1.807) is 11.3 Å². The second kappa shape index (κ2) is 8.70. The molecule has 2 N–H and O–H groups in total. The molecule has 3 rings (SSSR count). The van der Waals surface area contributed by atoms with Crippen molar-refractivity contribution in [1.29, 1.82) is 0 Å². The van der Waals surface area contributed by atoms with Crippen LogP contribution in [0.1, 0.15) is 57.7 Å². The lowest BCUT2D eigenvalue weighted by molar-refractivity contribution is 0.233. The van der Waals surface area contributed by atoms with Crippen LogP contribution in [0.5, 0.6) is 5.75 Å². The van der Waals surface area contributed by atoms with Crippen LogP contribution in [-0.2, 0) is 17.4 Å². The van der Waals surface area contributed by atoms with Crippen molar-refractivity contribution in [3.63, 3.8) is 0 Å². The minimum absolute atomic E-state index is 0. The number of nitrogens with one attached hydrogen (secondary N) is 1. The van der Waals surface area contributed by atoms with Crippen molar-refractivity contribution < 1.29 is 5.11 Å². The molecule has 0 amide bonds. The third kappa shape index (κ3) is 5.26. The average molecular weight is 424 g/mol. The Morgan fingerprint density at radius 1 is 1.04 bits per heavy atom. The molecule has 2 aromatic rings. The summed E-state index contributed by atoms with van der Waals surface area (Å²) < 4.78 is 0. The predicted molar refractivity (Wildman–Crippen MR) is 122 cm³/mol. The number of aromatic hydroxyl groups is 1. The Hall–Kier alpha value is -1.14. The summed E-state index contributed by atoms with van der Waals surface area (Å²) in [7, 11) is 0. The standard InChI is InChI=1S/C22H33N3OS.ClH/c1-21(2,3)16-11-15(12-17(20(16)26)22(4,5)6)18-14-27-19(24-18)13-25-9-7-23-8-10-25;/h11-12,14,23,26H,7-10,13H2,1-6H3;1H. The van der Waals surface area contributed by atoms with Crippen LogP contribution in [0.15, 0.2) is 17.5 Å². The Bertz CT molecular complexity index is 764. The molecule has 1 aromatic carbocycles. The fourth-order valence-corrected chi connectivity index (χ4v) is 4.35. The van der Waals surface area contributed by atoms with Gasteiger partial charge in [-0.1, -0.05) is 41.5 Å². The van der Waals surface area contributed by atoms with E-state index in [0.717, 1.165) is 60.1 Å². The van der Waals surface area contributed by atoms with Gasteiger partial charge in [-0.25, -0.2) is 4.98 Å². The molecule has 0 bridgehead atoms. The molecule has 28 heavy (non-hydrogen) atoms. The van der Waals surface area contributed by atoms with Gasteiger partial charge in [-0.05, 0) is 23.0 Å². The van der Waals surface area contributed by atoms with Crippen molar-refractivity contribution in [2.24, 2.45) is 0 Å². The topological polar surface area (TPSA) is 48.4 Å². The molecule has 1 fully saturated rings. The summed E-state index contributed by atoms with van der Waals surface area (Å²) >= 11 is 1.73. The summed E-state index contributed by atoms with van der Waals surface area (Å²) in [5, 5.41) is 17.6. The van der Waals surface area contributed by atoms with Crippen LogP contribution in [-0.4, -0.2) is 41.2 Å². The monoisotopic (exact) mass is 423 g/mol. The molecule has 1 aromatic heterocycles. The molecule has 0 aliphatic carbocycles. The van der Waals surface area contributed by atoms with Crippen LogP contribution in [0.25, 0.3) is 11.3 Å². The van der Waals surface area contributed by atoms with Gasteiger partial charge in [-0.2, -0.15) is 0 Å². The molecule has 6 heteroatoms. The quantitative estimate of drug-likeness (QED) is 0.734. The number of piperazine rings is 1. The number of aromatic nitrogens is 1. The molecule has 0 radical (unpaired) electrons. The van der Waals surface area contributed by atoms with Gasteiger partial charge in [-0.15, -0.1) is 23.7 Å². The van der Waals surface area contributed by atoms with Gasteiger partial charge in [0.1, 0.15) is 10.8 Å². The molecule has 4 nitrogen and oxygen atoms in total. The smallest absolute Gasteiger partial charge is 0.123 e. The highest BCUT2D eigenvalue weighted by molar-refractivity contribution is 7.09. The molecule has 1 aliphatic heterocycles. The number of benzene rings is 1. The van der Waals surface area contributed by atoms with Gasteiger partial charge in [0.25, 0.3) is 0 Å². The number of thiazole rings is 1. The molecule has 0 spiro atoms. The summed E-state index contributed by atoms with van der Waals surface area (Å²) in [5.74, 6) is 0.426. The number of hydrogen-bond donors (Lipinski definition) is 2. The Kier molecular flexibility index (Phi) is 7.19. The Morgan fingerprint density at radius 2 is 1.57 bits per heavy atom. The summed E-state index contributed by atoms with van der Waals surface area (Å²) in [6.45, 7) is 18.1. The first-order valence-electron chi connectivity index (χ1n) is 9.81. The highest BCUT2D eigenvalue weighted by atomic mass is 35.5. The van der Waals surface area contributed by atoms with E-state index in [2.05, 4.69) is 69.3 Å². The maximum absolute atomic E-state index is 10.9. The van der Waals surface area contributed by atoms with Gasteiger partial charge < -0.3 is 10.4 Å². The van der Waals surface area contributed by atoms with E-state index in [1.165, 1.54) is 0 Å². The Labute approximate surface area is 179 Å². The second-order valence-corrected chi connectivity index (χ2v) is 10.5. The number of halogens is 1.